The summed E-state index contributed by atoms with van der Waals surface area (Å²) in [5, 5.41) is 4.76. The van der Waals surface area contributed by atoms with Gasteiger partial charge in [-0.3, -0.25) is 4.68 Å². The summed E-state index contributed by atoms with van der Waals surface area (Å²) in [4.78, 5) is 0. The Morgan fingerprint density at radius 1 is 1.25 bits per heavy atom. The highest BCUT2D eigenvalue weighted by molar-refractivity contribution is 6.62. The van der Waals surface area contributed by atoms with Crippen LogP contribution in [0.4, 0.5) is 0 Å². The van der Waals surface area contributed by atoms with Crippen molar-refractivity contribution in [3.8, 4) is 0 Å². The van der Waals surface area contributed by atoms with E-state index in [1.165, 1.54) is 18.5 Å². The van der Waals surface area contributed by atoms with Crippen molar-refractivity contribution in [1.29, 1.82) is 0 Å². The molecule has 110 valence electrons. The lowest BCUT2D eigenvalue weighted by Gasteiger charge is -2.32. The van der Waals surface area contributed by atoms with Crippen LogP contribution in [0.5, 0.6) is 0 Å². The maximum Gasteiger partial charge on any atom is 0.498 e. The molecule has 0 atom stereocenters. The molecular formula is C15H25BN2O2. The Hall–Kier alpha value is -0.805. The van der Waals surface area contributed by atoms with Crippen molar-refractivity contribution in [3.63, 3.8) is 0 Å². The lowest BCUT2D eigenvalue weighted by Crippen LogP contribution is -2.41. The number of nitrogens with zero attached hydrogens (tertiary/aromatic N) is 2. The molecule has 0 aromatic carbocycles. The maximum absolute atomic E-state index is 6.18. The first kappa shape index (κ1) is 14.1. The fourth-order valence-corrected chi connectivity index (χ4v) is 2.62. The standard InChI is InChI=1S/C15H25BN2O2/c1-6-9-18-10-12(13(17-18)11-7-8-11)16-19-14(2,3)15(4,5)20-16/h10-11H,6-9H2,1-5H3. The lowest BCUT2D eigenvalue weighted by atomic mass is 9.78. The first-order chi connectivity index (χ1) is 9.34. The quantitative estimate of drug-likeness (QED) is 0.793. The van der Waals surface area contributed by atoms with E-state index >= 15 is 0 Å². The van der Waals surface area contributed by atoms with Crippen LogP contribution >= 0.6 is 0 Å². The fourth-order valence-electron chi connectivity index (χ4n) is 2.62. The van der Waals surface area contributed by atoms with Gasteiger partial charge >= 0.3 is 7.12 Å². The van der Waals surface area contributed by atoms with Crippen LogP contribution in [-0.4, -0.2) is 28.1 Å². The molecule has 0 amide bonds. The minimum absolute atomic E-state index is 0.277. The van der Waals surface area contributed by atoms with Crippen LogP contribution in [0.15, 0.2) is 6.20 Å². The zero-order valence-corrected chi connectivity index (χ0v) is 13.3. The SMILES string of the molecule is CCCn1cc(B2OC(C)(C)C(C)(C)O2)c(C2CC2)n1. The second-order valence-corrected chi connectivity index (χ2v) is 7.10. The molecule has 1 saturated carbocycles. The second kappa shape index (κ2) is 4.60. The fraction of sp³-hybridized carbons (Fsp3) is 0.800. The summed E-state index contributed by atoms with van der Waals surface area (Å²) in [6.07, 6.45) is 5.71. The van der Waals surface area contributed by atoms with Crippen LogP contribution in [0.3, 0.4) is 0 Å². The van der Waals surface area contributed by atoms with Crippen LogP contribution in [0.1, 0.15) is 65.5 Å². The largest absolute Gasteiger partial charge is 0.498 e. The van der Waals surface area contributed by atoms with Gasteiger partial charge in [-0.1, -0.05) is 6.92 Å². The van der Waals surface area contributed by atoms with E-state index in [0.29, 0.717) is 5.92 Å². The van der Waals surface area contributed by atoms with Gasteiger partial charge < -0.3 is 9.31 Å². The molecular weight excluding hydrogens is 251 g/mol. The molecule has 0 N–H and O–H groups in total. The second-order valence-electron chi connectivity index (χ2n) is 7.10. The third-order valence-electron chi connectivity index (χ3n) is 4.74. The van der Waals surface area contributed by atoms with Gasteiger partial charge in [0.05, 0.1) is 16.9 Å². The van der Waals surface area contributed by atoms with Gasteiger partial charge in [0.1, 0.15) is 0 Å². The van der Waals surface area contributed by atoms with Crippen molar-refractivity contribution in [1.82, 2.24) is 9.78 Å². The van der Waals surface area contributed by atoms with Crippen molar-refractivity contribution in [2.45, 2.75) is 77.5 Å². The topological polar surface area (TPSA) is 36.3 Å². The molecule has 0 bridgehead atoms. The average Bonchev–Trinajstić information content (AvgIpc) is 3.05. The Kier molecular flexibility index (Phi) is 3.25. The molecule has 5 heteroatoms. The summed E-state index contributed by atoms with van der Waals surface area (Å²) in [6, 6.07) is 0. The van der Waals surface area contributed by atoms with Crippen LogP contribution < -0.4 is 5.46 Å². The summed E-state index contributed by atoms with van der Waals surface area (Å²) in [7, 11) is -0.277. The van der Waals surface area contributed by atoms with Gasteiger partial charge in [0, 0.05) is 24.1 Å². The maximum atomic E-state index is 6.18. The molecule has 4 nitrogen and oxygen atoms in total. The molecule has 2 fully saturated rings. The van der Waals surface area contributed by atoms with Crippen molar-refractivity contribution in [2.24, 2.45) is 0 Å². The third-order valence-corrected chi connectivity index (χ3v) is 4.74. The molecule has 0 spiro atoms. The lowest BCUT2D eigenvalue weighted by molar-refractivity contribution is 0.00578. The molecule has 0 unspecified atom stereocenters. The van der Waals surface area contributed by atoms with Gasteiger partial charge in [-0.2, -0.15) is 5.10 Å². The Morgan fingerprint density at radius 3 is 2.35 bits per heavy atom. The Bertz CT molecular complexity index is 490. The predicted octanol–water partition coefficient (Wildman–Crippen LogP) is 2.47. The van der Waals surface area contributed by atoms with Gasteiger partial charge in [-0.25, -0.2) is 0 Å². The van der Waals surface area contributed by atoms with Gasteiger partial charge in [-0.05, 0) is 47.0 Å². The van der Waals surface area contributed by atoms with E-state index in [-0.39, 0.29) is 18.3 Å². The molecule has 2 heterocycles. The summed E-state index contributed by atoms with van der Waals surface area (Å²) in [6.45, 7) is 11.5. The van der Waals surface area contributed by atoms with Crippen LogP contribution in [-0.2, 0) is 15.9 Å². The molecule has 1 saturated heterocycles. The van der Waals surface area contributed by atoms with E-state index < -0.39 is 0 Å². The molecule has 1 aromatic heterocycles. The molecule has 20 heavy (non-hydrogen) atoms. The molecule has 1 aromatic rings. The molecule has 1 aliphatic heterocycles. The Balaban J connectivity index is 1.90. The number of hydrogen-bond donors (Lipinski definition) is 0. The van der Waals surface area contributed by atoms with Crippen LogP contribution in [0.25, 0.3) is 0 Å². The molecule has 1 aliphatic carbocycles. The minimum atomic E-state index is -0.286. The van der Waals surface area contributed by atoms with Crippen molar-refractivity contribution >= 4 is 12.6 Å². The van der Waals surface area contributed by atoms with Crippen molar-refractivity contribution in [3.05, 3.63) is 11.9 Å². The van der Waals surface area contributed by atoms with E-state index in [1.807, 2.05) is 4.68 Å². The van der Waals surface area contributed by atoms with Crippen molar-refractivity contribution in [2.75, 3.05) is 0 Å². The highest BCUT2D eigenvalue weighted by Gasteiger charge is 2.53. The van der Waals surface area contributed by atoms with E-state index in [9.17, 15) is 0 Å². The zero-order chi connectivity index (χ0) is 14.5. The summed E-state index contributed by atoms with van der Waals surface area (Å²) >= 11 is 0. The summed E-state index contributed by atoms with van der Waals surface area (Å²) in [5.74, 6) is 0.613. The minimum Gasteiger partial charge on any atom is -0.399 e. The normalized spacial score (nSPS) is 24.4. The molecule has 3 rings (SSSR count). The van der Waals surface area contributed by atoms with Crippen LogP contribution in [0, 0.1) is 0 Å². The van der Waals surface area contributed by atoms with Crippen LogP contribution in [0.2, 0.25) is 0 Å². The highest BCUT2D eigenvalue weighted by Crippen LogP contribution is 2.41. The highest BCUT2D eigenvalue weighted by atomic mass is 16.7. The van der Waals surface area contributed by atoms with Gasteiger partial charge in [-0.15, -0.1) is 0 Å². The molecule has 2 aliphatic rings. The number of rotatable bonds is 4. The van der Waals surface area contributed by atoms with Crippen molar-refractivity contribution < 1.29 is 9.31 Å². The van der Waals surface area contributed by atoms with Gasteiger partial charge in [0.2, 0.25) is 0 Å². The Morgan fingerprint density at radius 2 is 1.85 bits per heavy atom. The van der Waals surface area contributed by atoms with Gasteiger partial charge in [0.15, 0.2) is 0 Å². The first-order valence-corrected chi connectivity index (χ1v) is 7.77. The first-order valence-electron chi connectivity index (χ1n) is 7.77. The third kappa shape index (κ3) is 2.31. The van der Waals surface area contributed by atoms with E-state index in [2.05, 4.69) is 40.8 Å². The van der Waals surface area contributed by atoms with Gasteiger partial charge in [0.25, 0.3) is 0 Å². The zero-order valence-electron chi connectivity index (χ0n) is 13.3. The predicted molar refractivity (Wildman–Crippen MR) is 80.2 cm³/mol. The monoisotopic (exact) mass is 276 g/mol. The smallest absolute Gasteiger partial charge is 0.399 e. The molecule has 0 radical (unpaired) electrons. The summed E-state index contributed by atoms with van der Waals surface area (Å²) in [5.41, 5.74) is 1.76. The van der Waals surface area contributed by atoms with E-state index in [1.54, 1.807) is 0 Å². The summed E-state index contributed by atoms with van der Waals surface area (Å²) < 4.78 is 14.4. The number of aryl methyl sites for hydroxylation is 1. The van der Waals surface area contributed by atoms with E-state index in [4.69, 9.17) is 14.4 Å². The average molecular weight is 276 g/mol. The van der Waals surface area contributed by atoms with E-state index in [0.717, 1.165) is 18.4 Å². The Labute approximate surface area is 122 Å². The number of hydrogen-bond acceptors (Lipinski definition) is 3. The number of aromatic nitrogens is 2.